The maximum atomic E-state index is 12.8. The molecule has 3 heterocycles. The van der Waals surface area contributed by atoms with Crippen molar-refractivity contribution < 1.29 is 0 Å². The number of nitrogens with zero attached hydrogens (tertiary/aromatic N) is 4. The van der Waals surface area contributed by atoms with Gasteiger partial charge in [0.15, 0.2) is 11.0 Å². The number of benzene rings is 2. The van der Waals surface area contributed by atoms with Crippen molar-refractivity contribution in [3.63, 3.8) is 0 Å². The Kier molecular flexibility index (Phi) is 5.35. The van der Waals surface area contributed by atoms with Crippen LogP contribution in [-0.4, -0.2) is 24.7 Å². The minimum atomic E-state index is -0.125. The summed E-state index contributed by atoms with van der Waals surface area (Å²) in [6.45, 7) is 0. The zero-order valence-corrected chi connectivity index (χ0v) is 18.8. The summed E-state index contributed by atoms with van der Waals surface area (Å²) in [5.74, 6) is 1.85. The maximum absolute atomic E-state index is 12.8. The minimum absolute atomic E-state index is 0.125. The molecular weight excluding hydrogens is 450 g/mol. The summed E-state index contributed by atoms with van der Waals surface area (Å²) < 4.78 is 1.92. The molecule has 0 radical (unpaired) electrons. The van der Waals surface area contributed by atoms with Crippen LogP contribution in [0.15, 0.2) is 69.9 Å². The van der Waals surface area contributed by atoms with E-state index in [1.807, 2.05) is 71.6 Å². The maximum Gasteiger partial charge on any atom is 0.260 e. The van der Waals surface area contributed by atoms with Crippen molar-refractivity contribution >= 4 is 44.9 Å². The van der Waals surface area contributed by atoms with Gasteiger partial charge in [0, 0.05) is 28.6 Å². The van der Waals surface area contributed by atoms with Gasteiger partial charge in [0.1, 0.15) is 10.7 Å². The molecular formula is C22H16ClN5OS2. The van der Waals surface area contributed by atoms with E-state index in [0.29, 0.717) is 22.0 Å². The molecule has 0 aliphatic heterocycles. The summed E-state index contributed by atoms with van der Waals surface area (Å²) in [6, 6.07) is 17.4. The first kappa shape index (κ1) is 20.0. The molecule has 31 heavy (non-hydrogen) atoms. The van der Waals surface area contributed by atoms with E-state index in [1.54, 1.807) is 0 Å². The first-order valence-electron chi connectivity index (χ1n) is 9.44. The van der Waals surface area contributed by atoms with E-state index in [1.165, 1.54) is 23.1 Å². The largest absolute Gasteiger partial charge is 0.309 e. The Hall–Kier alpha value is -2.94. The molecule has 5 rings (SSSR count). The van der Waals surface area contributed by atoms with Crippen LogP contribution < -0.4 is 5.56 Å². The minimum Gasteiger partial charge on any atom is -0.309 e. The lowest BCUT2D eigenvalue weighted by Crippen LogP contribution is -2.10. The Morgan fingerprint density at radius 3 is 2.61 bits per heavy atom. The number of aromatic amines is 1. The van der Waals surface area contributed by atoms with Crippen molar-refractivity contribution in [1.29, 1.82) is 0 Å². The Bertz CT molecular complexity index is 1420. The third-order valence-corrected chi connectivity index (χ3v) is 7.01. The van der Waals surface area contributed by atoms with Gasteiger partial charge >= 0.3 is 0 Å². The second-order valence-electron chi connectivity index (χ2n) is 6.87. The van der Waals surface area contributed by atoms with E-state index in [-0.39, 0.29) is 5.56 Å². The van der Waals surface area contributed by atoms with Crippen molar-refractivity contribution in [2.75, 3.05) is 0 Å². The second-order valence-corrected chi connectivity index (χ2v) is 9.11. The first-order chi connectivity index (χ1) is 15.1. The van der Waals surface area contributed by atoms with Crippen LogP contribution in [-0.2, 0) is 12.8 Å². The van der Waals surface area contributed by atoms with Gasteiger partial charge in [-0.2, -0.15) is 0 Å². The van der Waals surface area contributed by atoms with Gasteiger partial charge in [-0.1, -0.05) is 53.7 Å². The van der Waals surface area contributed by atoms with Gasteiger partial charge in [-0.15, -0.1) is 21.5 Å². The lowest BCUT2D eigenvalue weighted by molar-refractivity contribution is 0.793. The number of hydrogen-bond acceptors (Lipinski definition) is 6. The van der Waals surface area contributed by atoms with Crippen LogP contribution >= 0.6 is 34.7 Å². The van der Waals surface area contributed by atoms with Gasteiger partial charge in [0.05, 0.1) is 11.1 Å². The number of nitrogens with one attached hydrogen (secondary N) is 1. The normalized spacial score (nSPS) is 11.3. The SMILES string of the molecule is Cn1c(SCc2nc3scc(-c4ccccc4)c3c(=O)[nH]2)nnc1-c1ccc(Cl)cc1. The monoisotopic (exact) mass is 465 g/mol. The Labute approximate surface area is 191 Å². The fourth-order valence-corrected chi connectivity index (χ4v) is 5.19. The summed E-state index contributed by atoms with van der Waals surface area (Å²) in [4.78, 5) is 21.1. The van der Waals surface area contributed by atoms with Crippen LogP contribution in [0.3, 0.4) is 0 Å². The number of thiophene rings is 1. The van der Waals surface area contributed by atoms with Gasteiger partial charge in [-0.3, -0.25) is 4.79 Å². The lowest BCUT2D eigenvalue weighted by Gasteiger charge is -2.04. The summed E-state index contributed by atoms with van der Waals surface area (Å²) in [5, 5.41) is 12.6. The smallest absolute Gasteiger partial charge is 0.260 e. The molecule has 0 amide bonds. The zero-order chi connectivity index (χ0) is 21.4. The van der Waals surface area contributed by atoms with Gasteiger partial charge in [0.25, 0.3) is 5.56 Å². The Morgan fingerprint density at radius 1 is 1.06 bits per heavy atom. The molecule has 0 saturated carbocycles. The molecule has 1 N–H and O–H groups in total. The first-order valence-corrected chi connectivity index (χ1v) is 11.7. The highest BCUT2D eigenvalue weighted by Gasteiger charge is 2.15. The molecule has 0 bridgehead atoms. The summed E-state index contributed by atoms with van der Waals surface area (Å²) in [7, 11) is 1.91. The van der Waals surface area contributed by atoms with Crippen molar-refractivity contribution in [1.82, 2.24) is 24.7 Å². The van der Waals surface area contributed by atoms with E-state index >= 15 is 0 Å². The molecule has 0 saturated heterocycles. The second kappa shape index (κ2) is 8.30. The molecule has 0 aliphatic carbocycles. The van der Waals surface area contributed by atoms with E-state index in [0.717, 1.165) is 32.5 Å². The fraction of sp³-hybridized carbons (Fsp3) is 0.0909. The quantitative estimate of drug-likeness (QED) is 0.352. The third kappa shape index (κ3) is 3.89. The van der Waals surface area contributed by atoms with Crippen molar-refractivity contribution in [2.45, 2.75) is 10.9 Å². The highest BCUT2D eigenvalue weighted by molar-refractivity contribution is 7.98. The highest BCUT2D eigenvalue weighted by Crippen LogP contribution is 2.31. The Morgan fingerprint density at radius 2 is 1.84 bits per heavy atom. The van der Waals surface area contributed by atoms with Gasteiger partial charge in [-0.05, 0) is 29.8 Å². The average molecular weight is 466 g/mol. The number of halogens is 1. The van der Waals surface area contributed by atoms with Crippen LogP contribution in [0, 0.1) is 0 Å². The van der Waals surface area contributed by atoms with Crippen LogP contribution in [0.25, 0.3) is 32.7 Å². The lowest BCUT2D eigenvalue weighted by atomic mass is 10.1. The molecule has 0 spiro atoms. The number of thioether (sulfide) groups is 1. The fourth-order valence-electron chi connectivity index (χ4n) is 3.32. The predicted octanol–water partition coefficient (Wildman–Crippen LogP) is 5.39. The predicted molar refractivity (Wildman–Crippen MR) is 127 cm³/mol. The number of aromatic nitrogens is 5. The third-order valence-electron chi connectivity index (χ3n) is 4.85. The molecule has 0 unspecified atom stereocenters. The number of rotatable bonds is 5. The molecule has 154 valence electrons. The molecule has 0 aliphatic rings. The number of H-pyrrole nitrogens is 1. The van der Waals surface area contributed by atoms with Crippen LogP contribution in [0.4, 0.5) is 0 Å². The summed E-state index contributed by atoms with van der Waals surface area (Å²) >= 11 is 8.92. The number of fused-ring (bicyclic) bond motifs is 1. The molecule has 3 aromatic heterocycles. The van der Waals surface area contributed by atoms with E-state index in [4.69, 9.17) is 11.6 Å². The Balaban J connectivity index is 1.40. The van der Waals surface area contributed by atoms with Crippen LogP contribution in [0.2, 0.25) is 5.02 Å². The highest BCUT2D eigenvalue weighted by atomic mass is 35.5. The van der Waals surface area contributed by atoms with Crippen molar-refractivity contribution in [3.05, 3.63) is 81.2 Å². The molecule has 2 aromatic carbocycles. The van der Waals surface area contributed by atoms with Gasteiger partial charge in [0.2, 0.25) is 0 Å². The number of hydrogen-bond donors (Lipinski definition) is 1. The molecule has 6 nitrogen and oxygen atoms in total. The topological polar surface area (TPSA) is 76.5 Å². The van der Waals surface area contributed by atoms with Crippen LogP contribution in [0.1, 0.15) is 5.82 Å². The molecule has 9 heteroatoms. The van der Waals surface area contributed by atoms with Crippen molar-refractivity contribution in [2.24, 2.45) is 7.05 Å². The summed E-state index contributed by atoms with van der Waals surface area (Å²) in [6.07, 6.45) is 0. The standard InChI is InChI=1S/C22H16ClN5OS2/c1-28-19(14-7-9-15(23)10-8-14)26-27-22(28)31-12-17-24-20(29)18-16(11-30-21(18)25-17)13-5-3-2-4-6-13/h2-11H,12H2,1H3,(H,24,25,29). The van der Waals surface area contributed by atoms with E-state index in [2.05, 4.69) is 20.2 Å². The molecule has 5 aromatic rings. The molecule has 0 atom stereocenters. The zero-order valence-electron chi connectivity index (χ0n) is 16.4. The van der Waals surface area contributed by atoms with Crippen LogP contribution in [0.5, 0.6) is 0 Å². The molecule has 0 fully saturated rings. The van der Waals surface area contributed by atoms with E-state index < -0.39 is 0 Å². The van der Waals surface area contributed by atoms with Gasteiger partial charge < -0.3 is 9.55 Å². The average Bonchev–Trinajstić information content (AvgIpc) is 3.37. The summed E-state index contributed by atoms with van der Waals surface area (Å²) in [5.41, 5.74) is 2.73. The van der Waals surface area contributed by atoms with E-state index in [9.17, 15) is 4.79 Å². The van der Waals surface area contributed by atoms with Gasteiger partial charge in [-0.25, -0.2) is 4.98 Å². The van der Waals surface area contributed by atoms with Crippen molar-refractivity contribution in [3.8, 4) is 22.5 Å².